The summed E-state index contributed by atoms with van der Waals surface area (Å²) in [6, 6.07) is 4.12. The number of aromatic nitrogens is 3. The molecule has 84 valence electrons. The molecule has 0 spiro atoms. The van der Waals surface area contributed by atoms with Crippen LogP contribution in [0.1, 0.15) is 17.3 Å². The quantitative estimate of drug-likeness (QED) is 0.934. The molecule has 16 heavy (non-hydrogen) atoms. The van der Waals surface area contributed by atoms with E-state index in [1.807, 2.05) is 38.6 Å². The van der Waals surface area contributed by atoms with Crippen LogP contribution in [0.2, 0.25) is 0 Å². The Morgan fingerprint density at radius 2 is 2.25 bits per heavy atom. The van der Waals surface area contributed by atoms with Crippen molar-refractivity contribution >= 4 is 15.9 Å². The van der Waals surface area contributed by atoms with Crippen LogP contribution in [-0.2, 0) is 7.05 Å². The standard InChI is InChI=1S/C11H13BrN4/c1-13-11(10-3-4-16(2)15-10)8-5-9(12)7-14-6-8/h3-7,11,13H,1-2H3. The second-order valence-corrected chi connectivity index (χ2v) is 4.49. The Hall–Kier alpha value is -1.20. The molecule has 0 saturated heterocycles. The lowest BCUT2D eigenvalue weighted by molar-refractivity contribution is 0.640. The molecular formula is C11H13BrN4. The number of nitrogens with one attached hydrogen (secondary N) is 1. The predicted octanol–water partition coefficient (Wildman–Crippen LogP) is 1.89. The van der Waals surface area contributed by atoms with Crippen LogP contribution < -0.4 is 5.32 Å². The molecule has 0 aliphatic heterocycles. The third kappa shape index (κ3) is 2.31. The van der Waals surface area contributed by atoms with Crippen molar-refractivity contribution in [2.45, 2.75) is 6.04 Å². The van der Waals surface area contributed by atoms with Crippen LogP contribution in [0.4, 0.5) is 0 Å². The average molecular weight is 281 g/mol. The van der Waals surface area contributed by atoms with Gasteiger partial charge in [0, 0.05) is 30.1 Å². The lowest BCUT2D eigenvalue weighted by atomic mass is 10.1. The van der Waals surface area contributed by atoms with E-state index >= 15 is 0 Å². The van der Waals surface area contributed by atoms with Gasteiger partial charge in [-0.15, -0.1) is 0 Å². The Morgan fingerprint density at radius 3 is 2.81 bits per heavy atom. The minimum Gasteiger partial charge on any atom is -0.308 e. The number of hydrogen-bond acceptors (Lipinski definition) is 3. The zero-order valence-corrected chi connectivity index (χ0v) is 10.8. The van der Waals surface area contributed by atoms with E-state index in [1.165, 1.54) is 0 Å². The zero-order valence-electron chi connectivity index (χ0n) is 9.18. The normalized spacial score (nSPS) is 12.7. The van der Waals surface area contributed by atoms with Crippen LogP contribution in [0.25, 0.3) is 0 Å². The summed E-state index contributed by atoms with van der Waals surface area (Å²) in [5.41, 5.74) is 2.08. The molecule has 1 N–H and O–H groups in total. The first-order chi connectivity index (χ1) is 7.70. The van der Waals surface area contributed by atoms with Crippen molar-refractivity contribution in [3.8, 4) is 0 Å². The van der Waals surface area contributed by atoms with Gasteiger partial charge in [0.2, 0.25) is 0 Å². The summed E-state index contributed by atoms with van der Waals surface area (Å²) < 4.78 is 2.77. The van der Waals surface area contributed by atoms with Crippen molar-refractivity contribution in [3.05, 3.63) is 46.5 Å². The SMILES string of the molecule is CNC(c1cncc(Br)c1)c1ccn(C)n1. The molecule has 2 aromatic rings. The van der Waals surface area contributed by atoms with Crippen LogP contribution in [-0.4, -0.2) is 21.8 Å². The second-order valence-electron chi connectivity index (χ2n) is 3.57. The summed E-state index contributed by atoms with van der Waals surface area (Å²) in [6.07, 6.45) is 5.56. The third-order valence-electron chi connectivity index (χ3n) is 2.38. The average Bonchev–Trinajstić information content (AvgIpc) is 2.66. The minimum atomic E-state index is 0.0752. The van der Waals surface area contributed by atoms with Gasteiger partial charge in [-0.3, -0.25) is 9.67 Å². The molecule has 1 atom stereocenters. The molecule has 2 aromatic heterocycles. The Bertz CT molecular complexity index is 480. The molecule has 0 aliphatic rings. The molecule has 0 saturated carbocycles. The van der Waals surface area contributed by atoms with Gasteiger partial charge in [-0.05, 0) is 40.7 Å². The second kappa shape index (κ2) is 4.76. The van der Waals surface area contributed by atoms with E-state index in [-0.39, 0.29) is 6.04 Å². The maximum Gasteiger partial charge on any atom is 0.0839 e. The van der Waals surface area contributed by atoms with E-state index in [0.717, 1.165) is 15.7 Å². The van der Waals surface area contributed by atoms with Gasteiger partial charge in [0.05, 0.1) is 11.7 Å². The first kappa shape index (κ1) is 11.3. The topological polar surface area (TPSA) is 42.7 Å². The minimum absolute atomic E-state index is 0.0752. The van der Waals surface area contributed by atoms with Gasteiger partial charge in [0.25, 0.3) is 0 Å². The van der Waals surface area contributed by atoms with Gasteiger partial charge in [-0.1, -0.05) is 0 Å². The maximum atomic E-state index is 4.40. The van der Waals surface area contributed by atoms with E-state index in [4.69, 9.17) is 0 Å². The van der Waals surface area contributed by atoms with Gasteiger partial charge in [-0.2, -0.15) is 5.10 Å². The lowest BCUT2D eigenvalue weighted by Gasteiger charge is -2.13. The van der Waals surface area contributed by atoms with Gasteiger partial charge >= 0.3 is 0 Å². The van der Waals surface area contributed by atoms with Crippen molar-refractivity contribution in [3.63, 3.8) is 0 Å². The molecular weight excluding hydrogens is 268 g/mol. The lowest BCUT2D eigenvalue weighted by Crippen LogP contribution is -2.18. The number of rotatable bonds is 3. The number of aryl methyl sites for hydroxylation is 1. The first-order valence-corrected chi connectivity index (χ1v) is 5.77. The van der Waals surface area contributed by atoms with E-state index in [0.29, 0.717) is 0 Å². The zero-order chi connectivity index (χ0) is 11.5. The number of pyridine rings is 1. The Morgan fingerprint density at radius 1 is 1.44 bits per heavy atom. The van der Waals surface area contributed by atoms with Gasteiger partial charge in [-0.25, -0.2) is 0 Å². The predicted molar refractivity (Wildman–Crippen MR) is 66.0 cm³/mol. The number of hydrogen-bond donors (Lipinski definition) is 1. The van der Waals surface area contributed by atoms with Crippen molar-refractivity contribution in [1.82, 2.24) is 20.1 Å². The van der Waals surface area contributed by atoms with Crippen LogP contribution in [0, 0.1) is 0 Å². The molecule has 0 radical (unpaired) electrons. The Kier molecular flexibility index (Phi) is 3.36. The molecule has 5 heteroatoms. The summed E-state index contributed by atoms with van der Waals surface area (Å²) in [4.78, 5) is 4.16. The van der Waals surface area contributed by atoms with Gasteiger partial charge < -0.3 is 5.32 Å². The Labute approximate surface area is 103 Å². The first-order valence-electron chi connectivity index (χ1n) is 4.98. The van der Waals surface area contributed by atoms with Crippen molar-refractivity contribution in [2.75, 3.05) is 7.05 Å². The highest BCUT2D eigenvalue weighted by Gasteiger charge is 2.14. The van der Waals surface area contributed by atoms with E-state index in [1.54, 1.807) is 10.9 Å². The summed E-state index contributed by atoms with van der Waals surface area (Å²) in [7, 11) is 3.83. The highest BCUT2D eigenvalue weighted by molar-refractivity contribution is 9.10. The van der Waals surface area contributed by atoms with Crippen molar-refractivity contribution in [1.29, 1.82) is 0 Å². The molecule has 2 heterocycles. The number of nitrogens with zero attached hydrogens (tertiary/aromatic N) is 3. The van der Waals surface area contributed by atoms with Crippen LogP contribution in [0.3, 0.4) is 0 Å². The highest BCUT2D eigenvalue weighted by Crippen LogP contribution is 2.21. The number of halogens is 1. The summed E-state index contributed by atoms with van der Waals surface area (Å²) in [6.45, 7) is 0. The molecule has 0 bridgehead atoms. The largest absolute Gasteiger partial charge is 0.308 e. The van der Waals surface area contributed by atoms with Crippen molar-refractivity contribution < 1.29 is 0 Å². The van der Waals surface area contributed by atoms with E-state index in [2.05, 4.69) is 31.3 Å². The van der Waals surface area contributed by atoms with Crippen LogP contribution >= 0.6 is 15.9 Å². The van der Waals surface area contributed by atoms with Gasteiger partial charge in [0.1, 0.15) is 0 Å². The van der Waals surface area contributed by atoms with Crippen LogP contribution in [0.5, 0.6) is 0 Å². The Balaban J connectivity index is 2.36. The summed E-state index contributed by atoms with van der Waals surface area (Å²) in [5, 5.41) is 7.64. The van der Waals surface area contributed by atoms with Crippen molar-refractivity contribution in [2.24, 2.45) is 7.05 Å². The summed E-state index contributed by atoms with van der Waals surface area (Å²) >= 11 is 3.42. The fourth-order valence-electron chi connectivity index (χ4n) is 1.66. The third-order valence-corrected chi connectivity index (χ3v) is 2.81. The fourth-order valence-corrected chi connectivity index (χ4v) is 2.04. The maximum absolute atomic E-state index is 4.40. The van der Waals surface area contributed by atoms with E-state index < -0.39 is 0 Å². The highest BCUT2D eigenvalue weighted by atomic mass is 79.9. The van der Waals surface area contributed by atoms with Crippen LogP contribution in [0.15, 0.2) is 35.2 Å². The molecule has 1 unspecified atom stereocenters. The molecule has 0 fully saturated rings. The molecule has 4 nitrogen and oxygen atoms in total. The fraction of sp³-hybridized carbons (Fsp3) is 0.273. The molecule has 0 amide bonds. The molecule has 2 rings (SSSR count). The van der Waals surface area contributed by atoms with E-state index in [9.17, 15) is 0 Å². The summed E-state index contributed by atoms with van der Waals surface area (Å²) in [5.74, 6) is 0. The smallest absolute Gasteiger partial charge is 0.0839 e. The van der Waals surface area contributed by atoms with Gasteiger partial charge in [0.15, 0.2) is 0 Å². The monoisotopic (exact) mass is 280 g/mol. The molecule has 0 aliphatic carbocycles. The molecule has 0 aromatic carbocycles.